The highest BCUT2D eigenvalue weighted by atomic mass is 16.3. The number of nitrogens with one attached hydrogen (secondary N) is 1. The first-order valence-corrected chi connectivity index (χ1v) is 9.03. The van der Waals surface area contributed by atoms with E-state index in [1.54, 1.807) is 0 Å². The van der Waals surface area contributed by atoms with Crippen molar-refractivity contribution < 1.29 is 9.90 Å². The van der Waals surface area contributed by atoms with Crippen LogP contribution < -0.4 is 10.2 Å². The lowest BCUT2D eigenvalue weighted by Gasteiger charge is -2.35. The second-order valence-electron chi connectivity index (χ2n) is 6.92. The molecule has 0 radical (unpaired) electrons. The number of anilines is 1. The minimum atomic E-state index is 0.133. The molecule has 6 nitrogen and oxygen atoms in total. The summed E-state index contributed by atoms with van der Waals surface area (Å²) >= 11 is 0. The average Bonchev–Trinajstić information content (AvgIpc) is 2.64. The quantitative estimate of drug-likeness (QED) is 0.837. The maximum Gasteiger partial charge on any atom is 0.234 e. The van der Waals surface area contributed by atoms with Crippen molar-refractivity contribution in [2.24, 2.45) is 5.92 Å². The Balaban J connectivity index is 1.37. The summed E-state index contributed by atoms with van der Waals surface area (Å²) in [6.07, 6.45) is 5.84. The molecule has 1 aliphatic carbocycles. The normalized spacial score (nSPS) is 25.5. The maximum absolute atomic E-state index is 12.3. The number of carbonyl (C=O) groups excluding carboxylic acids is 1. The average molecular weight is 332 g/mol. The van der Waals surface area contributed by atoms with Crippen LogP contribution in [-0.2, 0) is 4.79 Å². The van der Waals surface area contributed by atoms with Gasteiger partial charge in [0.05, 0.1) is 6.54 Å². The van der Waals surface area contributed by atoms with Gasteiger partial charge in [-0.25, -0.2) is 4.98 Å². The van der Waals surface area contributed by atoms with Crippen LogP contribution in [0.3, 0.4) is 0 Å². The van der Waals surface area contributed by atoms with Gasteiger partial charge in [0.15, 0.2) is 0 Å². The number of aliphatic hydroxyl groups excluding tert-OH is 1. The predicted octanol–water partition coefficient (Wildman–Crippen LogP) is 0.871. The minimum absolute atomic E-state index is 0.133. The molecule has 2 heterocycles. The molecule has 0 aromatic carbocycles. The van der Waals surface area contributed by atoms with Crippen LogP contribution in [0.2, 0.25) is 0 Å². The molecule has 1 saturated heterocycles. The van der Waals surface area contributed by atoms with Gasteiger partial charge in [-0.2, -0.15) is 0 Å². The van der Waals surface area contributed by atoms with Crippen molar-refractivity contribution in [2.75, 3.05) is 44.2 Å². The van der Waals surface area contributed by atoms with Gasteiger partial charge in [0.1, 0.15) is 5.82 Å². The third kappa shape index (κ3) is 4.68. The molecule has 1 aliphatic heterocycles. The van der Waals surface area contributed by atoms with E-state index >= 15 is 0 Å². The summed E-state index contributed by atoms with van der Waals surface area (Å²) in [6.45, 7) is 4.36. The van der Waals surface area contributed by atoms with Gasteiger partial charge in [0, 0.05) is 45.0 Å². The number of hydrogen-bond acceptors (Lipinski definition) is 5. The van der Waals surface area contributed by atoms with E-state index in [4.69, 9.17) is 0 Å². The zero-order valence-corrected chi connectivity index (χ0v) is 14.2. The first kappa shape index (κ1) is 17.2. The molecule has 6 heteroatoms. The van der Waals surface area contributed by atoms with Crippen LogP contribution in [0.25, 0.3) is 0 Å². The van der Waals surface area contributed by atoms with Crippen molar-refractivity contribution in [3.8, 4) is 0 Å². The highest BCUT2D eigenvalue weighted by molar-refractivity contribution is 5.78. The van der Waals surface area contributed by atoms with E-state index in [2.05, 4.69) is 20.1 Å². The summed E-state index contributed by atoms with van der Waals surface area (Å²) in [5, 5.41) is 12.3. The van der Waals surface area contributed by atoms with Crippen molar-refractivity contribution in [3.05, 3.63) is 24.4 Å². The third-order valence-electron chi connectivity index (χ3n) is 5.18. The van der Waals surface area contributed by atoms with Crippen molar-refractivity contribution >= 4 is 11.7 Å². The number of carbonyl (C=O) groups is 1. The standard InChI is InChI=1S/C18H28N4O2/c23-14-15-4-6-16(7-5-15)20-18(24)13-21-9-11-22(12-10-21)17-3-1-2-8-19-17/h1-3,8,15-16,23H,4-7,9-14H2,(H,20,24). The molecule has 1 saturated carbocycles. The van der Waals surface area contributed by atoms with Gasteiger partial charge in [-0.3, -0.25) is 9.69 Å². The number of amides is 1. The molecular weight excluding hydrogens is 304 g/mol. The summed E-state index contributed by atoms with van der Waals surface area (Å²) < 4.78 is 0. The van der Waals surface area contributed by atoms with Gasteiger partial charge >= 0.3 is 0 Å². The molecule has 0 unspecified atom stereocenters. The summed E-state index contributed by atoms with van der Waals surface area (Å²) in [5.74, 6) is 1.58. The lowest BCUT2D eigenvalue weighted by molar-refractivity contribution is -0.123. The van der Waals surface area contributed by atoms with Gasteiger partial charge < -0.3 is 15.3 Å². The van der Waals surface area contributed by atoms with Gasteiger partial charge in [0.2, 0.25) is 5.91 Å². The minimum Gasteiger partial charge on any atom is -0.396 e. The Hall–Kier alpha value is -1.66. The Morgan fingerprint density at radius 1 is 1.17 bits per heavy atom. The highest BCUT2D eigenvalue weighted by Crippen LogP contribution is 2.23. The first-order valence-electron chi connectivity index (χ1n) is 9.03. The number of aliphatic hydroxyl groups is 1. The van der Waals surface area contributed by atoms with E-state index in [0.29, 0.717) is 12.5 Å². The molecular formula is C18H28N4O2. The fraction of sp³-hybridized carbons (Fsp3) is 0.667. The second kappa shape index (κ2) is 8.44. The molecule has 2 fully saturated rings. The molecule has 1 amide bonds. The lowest BCUT2D eigenvalue weighted by atomic mass is 9.86. The fourth-order valence-corrected chi connectivity index (χ4v) is 3.64. The smallest absolute Gasteiger partial charge is 0.234 e. The van der Waals surface area contributed by atoms with Crippen LogP contribution >= 0.6 is 0 Å². The number of piperazine rings is 1. The Morgan fingerprint density at radius 2 is 1.92 bits per heavy atom. The van der Waals surface area contributed by atoms with Crippen LogP contribution in [-0.4, -0.2) is 66.3 Å². The Bertz CT molecular complexity index is 509. The number of rotatable bonds is 5. The Kier molecular flexibility index (Phi) is 6.04. The van der Waals surface area contributed by atoms with E-state index in [0.717, 1.165) is 57.7 Å². The topological polar surface area (TPSA) is 68.7 Å². The zero-order valence-electron chi connectivity index (χ0n) is 14.2. The van der Waals surface area contributed by atoms with Gasteiger partial charge in [-0.15, -0.1) is 0 Å². The van der Waals surface area contributed by atoms with E-state index < -0.39 is 0 Å². The number of pyridine rings is 1. The number of hydrogen-bond donors (Lipinski definition) is 2. The second-order valence-corrected chi connectivity index (χ2v) is 6.92. The first-order chi connectivity index (χ1) is 11.7. The molecule has 2 aliphatic rings. The molecule has 3 rings (SSSR count). The van der Waals surface area contributed by atoms with E-state index in [-0.39, 0.29) is 18.6 Å². The monoisotopic (exact) mass is 332 g/mol. The molecule has 2 N–H and O–H groups in total. The fourth-order valence-electron chi connectivity index (χ4n) is 3.64. The van der Waals surface area contributed by atoms with Crippen LogP contribution in [0.5, 0.6) is 0 Å². The lowest BCUT2D eigenvalue weighted by Crippen LogP contribution is -2.51. The highest BCUT2D eigenvalue weighted by Gasteiger charge is 2.24. The van der Waals surface area contributed by atoms with Crippen LogP contribution in [0.4, 0.5) is 5.82 Å². The van der Waals surface area contributed by atoms with Gasteiger partial charge in [0.25, 0.3) is 0 Å². The van der Waals surface area contributed by atoms with Gasteiger partial charge in [-0.05, 0) is 43.7 Å². The largest absolute Gasteiger partial charge is 0.396 e. The van der Waals surface area contributed by atoms with Crippen molar-refractivity contribution in [2.45, 2.75) is 31.7 Å². The van der Waals surface area contributed by atoms with Crippen LogP contribution in [0.1, 0.15) is 25.7 Å². The predicted molar refractivity (Wildman–Crippen MR) is 93.9 cm³/mol. The Morgan fingerprint density at radius 3 is 2.54 bits per heavy atom. The summed E-state index contributed by atoms with van der Waals surface area (Å²) in [7, 11) is 0. The molecule has 0 spiro atoms. The van der Waals surface area contributed by atoms with E-state index in [1.807, 2.05) is 24.4 Å². The zero-order chi connectivity index (χ0) is 16.8. The number of nitrogens with zero attached hydrogens (tertiary/aromatic N) is 3. The summed E-state index contributed by atoms with van der Waals surface area (Å²) in [5.41, 5.74) is 0. The molecule has 24 heavy (non-hydrogen) atoms. The summed E-state index contributed by atoms with van der Waals surface area (Å²) in [4.78, 5) is 21.1. The third-order valence-corrected chi connectivity index (χ3v) is 5.18. The van der Waals surface area contributed by atoms with Crippen molar-refractivity contribution in [1.29, 1.82) is 0 Å². The van der Waals surface area contributed by atoms with Gasteiger partial charge in [-0.1, -0.05) is 6.07 Å². The maximum atomic E-state index is 12.3. The number of aromatic nitrogens is 1. The molecule has 132 valence electrons. The van der Waals surface area contributed by atoms with Crippen LogP contribution in [0, 0.1) is 5.92 Å². The van der Waals surface area contributed by atoms with Crippen molar-refractivity contribution in [3.63, 3.8) is 0 Å². The van der Waals surface area contributed by atoms with Crippen LogP contribution in [0.15, 0.2) is 24.4 Å². The van der Waals surface area contributed by atoms with E-state index in [9.17, 15) is 9.90 Å². The van der Waals surface area contributed by atoms with E-state index in [1.165, 1.54) is 0 Å². The van der Waals surface area contributed by atoms with Crippen molar-refractivity contribution in [1.82, 2.24) is 15.2 Å². The molecule has 0 atom stereocenters. The molecule has 1 aromatic heterocycles. The Labute approximate surface area is 143 Å². The summed E-state index contributed by atoms with van der Waals surface area (Å²) in [6, 6.07) is 6.26. The SMILES string of the molecule is O=C(CN1CCN(c2ccccn2)CC1)NC1CCC(CO)CC1. The molecule has 0 bridgehead atoms. The molecule has 1 aromatic rings.